The van der Waals surface area contributed by atoms with Crippen molar-refractivity contribution >= 4 is 30.8 Å². The van der Waals surface area contributed by atoms with Gasteiger partial charge < -0.3 is 9.69 Å². The van der Waals surface area contributed by atoms with Gasteiger partial charge in [0.25, 0.3) is 0 Å². The average molecular weight is 486 g/mol. The van der Waals surface area contributed by atoms with Gasteiger partial charge in [0.1, 0.15) is 18.1 Å². The Labute approximate surface area is 206 Å². The molecule has 35 heavy (non-hydrogen) atoms. The second-order valence-corrected chi connectivity index (χ2v) is 10.1. The first-order chi connectivity index (χ1) is 17.0. The topological polar surface area (TPSA) is 94.1 Å². The van der Waals surface area contributed by atoms with Crippen LogP contribution in [-0.2, 0) is 4.79 Å². The molecule has 3 aliphatic heterocycles. The Kier molecular flexibility index (Phi) is 8.41. The number of halogens is 1. The number of carbonyl (C=O) groups excluding carboxylic acids is 3. The minimum absolute atomic E-state index is 0.0195. The number of anilines is 1. The zero-order valence-electron chi connectivity index (χ0n) is 20.4. The van der Waals surface area contributed by atoms with Crippen molar-refractivity contribution in [2.75, 3.05) is 44.2 Å². The summed E-state index contributed by atoms with van der Waals surface area (Å²) in [7, 11) is 0. The molecule has 2 unspecified atom stereocenters. The number of nitrogens with one attached hydrogen (secondary N) is 2. The molecule has 8 nitrogen and oxygen atoms in total. The quantitative estimate of drug-likeness (QED) is 0.464. The normalized spacial score (nSPS) is 24.7. The van der Waals surface area contributed by atoms with Crippen LogP contribution in [0.2, 0.25) is 0 Å². The maximum atomic E-state index is 14.6. The number of aldehydes is 3. The Bertz CT molecular complexity index is 941. The lowest BCUT2D eigenvalue weighted by Crippen LogP contribution is -2.62. The van der Waals surface area contributed by atoms with E-state index in [4.69, 9.17) is 0 Å². The summed E-state index contributed by atoms with van der Waals surface area (Å²) in [6, 6.07) is 2.88. The smallest absolute Gasteiger partial charge is 0.150 e. The number of aliphatic imine (C=N–C) groups is 1. The minimum atomic E-state index is -0.450. The number of nitrogens with zero attached hydrogens (tertiary/aromatic N) is 3. The Morgan fingerprint density at radius 1 is 1.14 bits per heavy atom. The SMILES string of the molecule is CCCC1(CCNC2C=NC(C=O)CN2)CN(C2CCN(c3cc(C=O)c(C=O)cc3F)CC2)C1. The highest BCUT2D eigenvalue weighted by molar-refractivity contribution is 5.91. The molecule has 3 heterocycles. The summed E-state index contributed by atoms with van der Waals surface area (Å²) in [6.07, 6.45) is 9.17. The Morgan fingerprint density at radius 3 is 2.46 bits per heavy atom. The molecule has 1 aromatic carbocycles. The first kappa shape index (κ1) is 25.6. The number of hydrogen-bond donors (Lipinski definition) is 2. The Morgan fingerprint density at radius 2 is 1.86 bits per heavy atom. The van der Waals surface area contributed by atoms with E-state index in [1.807, 2.05) is 4.90 Å². The van der Waals surface area contributed by atoms with Crippen LogP contribution >= 0.6 is 0 Å². The molecule has 2 atom stereocenters. The van der Waals surface area contributed by atoms with Gasteiger partial charge in [0, 0.05) is 56.1 Å². The molecule has 0 spiro atoms. The summed E-state index contributed by atoms with van der Waals surface area (Å²) in [5.74, 6) is -0.450. The van der Waals surface area contributed by atoms with E-state index in [0.717, 1.165) is 70.8 Å². The van der Waals surface area contributed by atoms with E-state index in [9.17, 15) is 18.8 Å². The lowest BCUT2D eigenvalue weighted by molar-refractivity contribution is -0.108. The van der Waals surface area contributed by atoms with Crippen molar-refractivity contribution in [1.29, 1.82) is 0 Å². The second-order valence-electron chi connectivity index (χ2n) is 10.1. The zero-order valence-corrected chi connectivity index (χ0v) is 20.4. The van der Waals surface area contributed by atoms with Gasteiger partial charge in [-0.2, -0.15) is 0 Å². The molecule has 4 rings (SSSR count). The largest absolute Gasteiger partial charge is 0.369 e. The van der Waals surface area contributed by atoms with Crippen LogP contribution in [0, 0.1) is 11.2 Å². The highest BCUT2D eigenvalue weighted by Gasteiger charge is 2.44. The molecular formula is C26H36FN5O3. The number of hydrogen-bond acceptors (Lipinski definition) is 8. The molecule has 2 fully saturated rings. The van der Waals surface area contributed by atoms with Crippen LogP contribution in [0.3, 0.4) is 0 Å². The van der Waals surface area contributed by atoms with Crippen molar-refractivity contribution in [2.45, 2.75) is 57.3 Å². The third kappa shape index (κ3) is 5.85. The molecule has 2 N–H and O–H groups in total. The number of rotatable bonds is 11. The fourth-order valence-corrected chi connectivity index (χ4v) is 5.81. The number of carbonyl (C=O) groups is 3. The van der Waals surface area contributed by atoms with E-state index < -0.39 is 5.82 Å². The molecule has 0 bridgehead atoms. The molecule has 190 valence electrons. The van der Waals surface area contributed by atoms with Crippen LogP contribution in [0.25, 0.3) is 0 Å². The summed E-state index contributed by atoms with van der Waals surface area (Å²) in [6.45, 7) is 7.35. The second kappa shape index (κ2) is 11.5. The van der Waals surface area contributed by atoms with Crippen molar-refractivity contribution in [2.24, 2.45) is 10.4 Å². The molecule has 0 radical (unpaired) electrons. The number of likely N-dealkylation sites (tertiary alicyclic amines) is 1. The highest BCUT2D eigenvalue weighted by Crippen LogP contribution is 2.41. The van der Waals surface area contributed by atoms with Crippen LogP contribution in [0.15, 0.2) is 17.1 Å². The van der Waals surface area contributed by atoms with Crippen LogP contribution in [0.4, 0.5) is 10.1 Å². The minimum Gasteiger partial charge on any atom is -0.369 e. The molecule has 9 heteroatoms. The van der Waals surface area contributed by atoms with Crippen LogP contribution in [-0.4, -0.2) is 87.5 Å². The van der Waals surface area contributed by atoms with E-state index >= 15 is 0 Å². The summed E-state index contributed by atoms with van der Waals surface area (Å²) >= 11 is 0. The number of piperidine rings is 1. The van der Waals surface area contributed by atoms with Crippen molar-refractivity contribution in [3.63, 3.8) is 0 Å². The Balaban J connectivity index is 1.26. The fraction of sp³-hybridized carbons (Fsp3) is 0.615. The maximum Gasteiger partial charge on any atom is 0.150 e. The maximum absolute atomic E-state index is 14.6. The van der Waals surface area contributed by atoms with E-state index in [-0.39, 0.29) is 23.3 Å². The third-order valence-electron chi connectivity index (χ3n) is 7.74. The van der Waals surface area contributed by atoms with Crippen molar-refractivity contribution < 1.29 is 18.8 Å². The van der Waals surface area contributed by atoms with Gasteiger partial charge >= 0.3 is 0 Å². The van der Waals surface area contributed by atoms with Gasteiger partial charge in [-0.25, -0.2) is 4.39 Å². The summed E-state index contributed by atoms with van der Waals surface area (Å²) in [5, 5.41) is 6.81. The molecule has 3 aliphatic rings. The van der Waals surface area contributed by atoms with Crippen LogP contribution in [0.5, 0.6) is 0 Å². The van der Waals surface area contributed by atoms with Gasteiger partial charge in [-0.15, -0.1) is 0 Å². The van der Waals surface area contributed by atoms with Gasteiger partial charge in [-0.1, -0.05) is 13.3 Å². The first-order valence-electron chi connectivity index (χ1n) is 12.7. The average Bonchev–Trinajstić information content (AvgIpc) is 2.87. The first-order valence-corrected chi connectivity index (χ1v) is 12.7. The molecule has 0 aliphatic carbocycles. The monoisotopic (exact) mass is 485 g/mol. The van der Waals surface area contributed by atoms with E-state index in [1.54, 1.807) is 6.21 Å². The molecule has 0 saturated carbocycles. The van der Waals surface area contributed by atoms with E-state index in [0.29, 0.717) is 36.3 Å². The molecular weight excluding hydrogens is 449 g/mol. The predicted molar refractivity (Wildman–Crippen MR) is 134 cm³/mol. The predicted octanol–water partition coefficient (Wildman–Crippen LogP) is 2.07. The lowest BCUT2D eigenvalue weighted by Gasteiger charge is -2.55. The van der Waals surface area contributed by atoms with Gasteiger partial charge in [0.2, 0.25) is 0 Å². The third-order valence-corrected chi connectivity index (χ3v) is 7.74. The van der Waals surface area contributed by atoms with Gasteiger partial charge in [0.05, 0.1) is 11.9 Å². The van der Waals surface area contributed by atoms with E-state index in [1.165, 1.54) is 12.5 Å². The standard InChI is InChI=1S/C26H36FN5O3/c1-2-5-26(6-7-28-25-13-29-21(16-35)12-30-25)17-32(18-26)22-3-8-31(9-4-22)24-11-20(15-34)19(14-33)10-23(24)27/h10-11,13-16,21-22,25,28,30H,2-9,12,17-18H2,1H3. The van der Waals surface area contributed by atoms with Crippen molar-refractivity contribution in [3.8, 4) is 0 Å². The fourth-order valence-electron chi connectivity index (χ4n) is 5.81. The van der Waals surface area contributed by atoms with Gasteiger partial charge in [-0.05, 0) is 49.8 Å². The molecule has 2 saturated heterocycles. The van der Waals surface area contributed by atoms with Gasteiger partial charge in [0.15, 0.2) is 12.6 Å². The number of benzene rings is 1. The lowest BCUT2D eigenvalue weighted by atomic mass is 9.72. The summed E-state index contributed by atoms with van der Waals surface area (Å²) in [5.41, 5.74) is 1.06. The molecule has 0 amide bonds. The van der Waals surface area contributed by atoms with Crippen LogP contribution < -0.4 is 15.5 Å². The Hall–Kier alpha value is -2.49. The summed E-state index contributed by atoms with van der Waals surface area (Å²) < 4.78 is 14.6. The van der Waals surface area contributed by atoms with Crippen LogP contribution in [0.1, 0.15) is 59.7 Å². The summed E-state index contributed by atoms with van der Waals surface area (Å²) in [4.78, 5) is 42.0. The van der Waals surface area contributed by atoms with Gasteiger partial charge in [-0.3, -0.25) is 30.1 Å². The van der Waals surface area contributed by atoms with E-state index in [2.05, 4.69) is 27.4 Å². The molecule has 1 aromatic rings. The zero-order chi connectivity index (χ0) is 24.8. The molecule has 0 aromatic heterocycles. The highest BCUT2D eigenvalue weighted by atomic mass is 19.1. The van der Waals surface area contributed by atoms with Crippen molar-refractivity contribution in [3.05, 3.63) is 29.1 Å². The van der Waals surface area contributed by atoms with Crippen molar-refractivity contribution in [1.82, 2.24) is 15.5 Å².